The average molecular weight is 431 g/mol. The maximum Gasteiger partial charge on any atom is 0.223 e. The fraction of sp³-hybridized carbons (Fsp3) is 0.308. The molecule has 0 radical (unpaired) electrons. The van der Waals surface area contributed by atoms with Crippen molar-refractivity contribution < 1.29 is 8.92 Å². The third kappa shape index (κ3) is 2.79. The summed E-state index contributed by atoms with van der Waals surface area (Å²) in [5, 5.41) is 5.28. The molecule has 7 nitrogen and oxygen atoms in total. The van der Waals surface area contributed by atoms with Crippen molar-refractivity contribution in [1.82, 2.24) is 19.6 Å². The second-order valence-electron chi connectivity index (χ2n) is 4.76. The number of para-hydroxylation sites is 1. The molecule has 0 aliphatic carbocycles. The summed E-state index contributed by atoms with van der Waals surface area (Å²) >= 11 is 2.09. The molecule has 0 saturated heterocycles. The Labute approximate surface area is 143 Å². The van der Waals surface area contributed by atoms with Crippen LogP contribution in [0.25, 0.3) is 16.6 Å². The molecule has 0 amide bonds. The molecule has 0 bridgehead atoms. The molecular formula is C13H14IN5O2S. The number of methoxy groups -OCH3 is 1. The largest absolute Gasteiger partial charge is 0.494 e. The zero-order valence-corrected chi connectivity index (χ0v) is 15.0. The van der Waals surface area contributed by atoms with E-state index in [9.17, 15) is 0 Å². The second-order valence-corrected chi connectivity index (χ2v) is 6.16. The zero-order chi connectivity index (χ0) is 15.7. The molecule has 0 fully saturated rings. The van der Waals surface area contributed by atoms with E-state index in [2.05, 4.69) is 36.3 Å². The van der Waals surface area contributed by atoms with Gasteiger partial charge in [-0.1, -0.05) is 6.07 Å². The number of fused-ring (bicyclic) bond motifs is 3. The van der Waals surface area contributed by atoms with E-state index in [1.807, 2.05) is 25.1 Å². The Morgan fingerprint density at radius 1 is 1.41 bits per heavy atom. The van der Waals surface area contributed by atoms with E-state index in [0.717, 1.165) is 5.39 Å². The van der Waals surface area contributed by atoms with Crippen molar-refractivity contribution >= 4 is 52.9 Å². The van der Waals surface area contributed by atoms with E-state index < -0.39 is 0 Å². The van der Waals surface area contributed by atoms with Crippen LogP contribution in [0, 0.1) is 0 Å². The van der Waals surface area contributed by atoms with Crippen molar-refractivity contribution in [2.75, 3.05) is 12.8 Å². The Hall–Kier alpha value is -1.33. The van der Waals surface area contributed by atoms with Crippen molar-refractivity contribution in [2.45, 2.75) is 19.4 Å². The fourth-order valence-corrected chi connectivity index (χ4v) is 3.53. The molecule has 0 aliphatic heterocycles. The third-order valence-electron chi connectivity index (χ3n) is 3.22. The molecule has 1 unspecified atom stereocenters. The minimum absolute atomic E-state index is 0.00861. The van der Waals surface area contributed by atoms with Crippen molar-refractivity contribution in [3.05, 3.63) is 24.0 Å². The molecule has 3 aromatic rings. The fourth-order valence-electron chi connectivity index (χ4n) is 2.27. The molecule has 22 heavy (non-hydrogen) atoms. The van der Waals surface area contributed by atoms with Crippen LogP contribution in [0.1, 0.15) is 12.7 Å². The molecule has 0 saturated carbocycles. The van der Waals surface area contributed by atoms with E-state index >= 15 is 0 Å². The molecule has 116 valence electrons. The molecule has 9 heteroatoms. The van der Waals surface area contributed by atoms with Crippen LogP contribution in [0.5, 0.6) is 5.75 Å². The first-order valence-electron chi connectivity index (χ1n) is 6.56. The summed E-state index contributed by atoms with van der Waals surface area (Å²) in [6, 6.07) is 5.67. The average Bonchev–Trinajstić information content (AvgIpc) is 2.91. The minimum Gasteiger partial charge on any atom is -0.494 e. The van der Waals surface area contributed by atoms with E-state index in [1.54, 1.807) is 11.6 Å². The Morgan fingerprint density at radius 3 is 2.95 bits per heavy atom. The van der Waals surface area contributed by atoms with Gasteiger partial charge in [0.2, 0.25) is 5.95 Å². The topological polar surface area (TPSA) is 87.6 Å². The van der Waals surface area contributed by atoms with Crippen LogP contribution in [0.2, 0.25) is 0 Å². The van der Waals surface area contributed by atoms with Gasteiger partial charge in [0.05, 0.1) is 22.4 Å². The molecule has 0 aliphatic rings. The normalized spacial score (nSPS) is 12.9. The number of nitrogen functional groups attached to an aromatic ring is 1. The highest BCUT2D eigenvalue weighted by Gasteiger charge is 2.16. The van der Waals surface area contributed by atoms with Gasteiger partial charge in [-0.05, 0) is 19.1 Å². The van der Waals surface area contributed by atoms with Crippen molar-refractivity contribution in [3.8, 4) is 5.75 Å². The number of hydrogen-bond donors (Lipinski definition) is 1. The van der Waals surface area contributed by atoms with Crippen LogP contribution >= 0.6 is 30.4 Å². The lowest BCUT2D eigenvalue weighted by molar-refractivity contribution is 0.267. The first-order valence-corrected chi connectivity index (χ1v) is 9.84. The third-order valence-corrected chi connectivity index (χ3v) is 4.25. The van der Waals surface area contributed by atoms with Gasteiger partial charge in [0.25, 0.3) is 0 Å². The molecule has 0 spiro atoms. The number of halogens is 1. The molecule has 2 heterocycles. The minimum atomic E-state index is 0.00861. The number of rotatable bonds is 5. The summed E-state index contributed by atoms with van der Waals surface area (Å²) in [4.78, 5) is 8.96. The monoisotopic (exact) mass is 431 g/mol. The highest BCUT2D eigenvalue weighted by atomic mass is 127. The number of nitrogens with zero attached hydrogens (tertiary/aromatic N) is 4. The summed E-state index contributed by atoms with van der Waals surface area (Å²) in [5.41, 5.74) is 7.36. The second kappa shape index (κ2) is 6.42. The maximum absolute atomic E-state index is 6.01. The Balaban J connectivity index is 2.14. The highest BCUT2D eigenvalue weighted by Crippen LogP contribution is 2.27. The standard InChI is InChI=1S/C13H14IN5O2S/c1-7(21-22-14)6-10-16-12-8-4-3-5-9(20-2)11(8)17-13(15)19(12)18-10/h3-5,7H,6H2,1-2H3,(H2,15,17). The number of anilines is 1. The van der Waals surface area contributed by atoms with Crippen LogP contribution < -0.4 is 10.5 Å². The van der Waals surface area contributed by atoms with Gasteiger partial charge in [-0.2, -0.15) is 4.52 Å². The lowest BCUT2D eigenvalue weighted by Gasteiger charge is -2.06. The van der Waals surface area contributed by atoms with Crippen LogP contribution in [0.3, 0.4) is 0 Å². The molecule has 1 aromatic carbocycles. The van der Waals surface area contributed by atoms with Gasteiger partial charge in [0.1, 0.15) is 11.3 Å². The number of benzene rings is 1. The zero-order valence-electron chi connectivity index (χ0n) is 12.0. The van der Waals surface area contributed by atoms with Gasteiger partial charge < -0.3 is 14.7 Å². The van der Waals surface area contributed by atoms with E-state index in [1.165, 1.54) is 9.21 Å². The van der Waals surface area contributed by atoms with E-state index in [0.29, 0.717) is 29.2 Å². The first kappa shape index (κ1) is 15.6. The van der Waals surface area contributed by atoms with Crippen LogP contribution in [-0.2, 0) is 10.6 Å². The van der Waals surface area contributed by atoms with Gasteiger partial charge in [-0.15, -0.1) is 5.10 Å². The molecule has 2 aromatic heterocycles. The predicted octanol–water partition coefficient (Wildman–Crippen LogP) is 2.81. The first-order chi connectivity index (χ1) is 10.6. The highest BCUT2D eigenvalue weighted by molar-refractivity contribution is 14.2. The van der Waals surface area contributed by atoms with Gasteiger partial charge in [0, 0.05) is 33.0 Å². The molecule has 2 N–H and O–H groups in total. The summed E-state index contributed by atoms with van der Waals surface area (Å²) in [6.07, 6.45) is 0.608. The number of ether oxygens (including phenoxy) is 1. The number of aromatic nitrogens is 4. The van der Waals surface area contributed by atoms with Crippen LogP contribution in [-0.4, -0.2) is 32.8 Å². The van der Waals surface area contributed by atoms with Gasteiger partial charge in [-0.25, -0.2) is 9.97 Å². The number of hydrogen-bond acceptors (Lipinski definition) is 7. The maximum atomic E-state index is 6.01. The van der Waals surface area contributed by atoms with Gasteiger partial charge >= 0.3 is 0 Å². The van der Waals surface area contributed by atoms with Crippen LogP contribution in [0.15, 0.2) is 18.2 Å². The number of nitrogens with two attached hydrogens (primary N) is 1. The van der Waals surface area contributed by atoms with Crippen LogP contribution in [0.4, 0.5) is 5.95 Å². The Morgan fingerprint density at radius 2 is 2.23 bits per heavy atom. The smallest absolute Gasteiger partial charge is 0.223 e. The van der Waals surface area contributed by atoms with E-state index in [-0.39, 0.29) is 12.1 Å². The Kier molecular flexibility index (Phi) is 4.54. The van der Waals surface area contributed by atoms with Crippen molar-refractivity contribution in [2.24, 2.45) is 0 Å². The quantitative estimate of drug-likeness (QED) is 0.491. The molecular weight excluding hydrogens is 417 g/mol. The Bertz CT molecular complexity index is 825. The summed E-state index contributed by atoms with van der Waals surface area (Å²) < 4.78 is 12.3. The predicted molar refractivity (Wildman–Crippen MR) is 95.1 cm³/mol. The SMILES string of the molecule is COc1cccc2c1nc(N)n1nc(CC(C)OSI)nc21. The lowest BCUT2D eigenvalue weighted by Crippen LogP contribution is -2.08. The molecule has 1 atom stereocenters. The van der Waals surface area contributed by atoms with Crippen molar-refractivity contribution in [1.29, 1.82) is 0 Å². The van der Waals surface area contributed by atoms with Crippen molar-refractivity contribution in [3.63, 3.8) is 0 Å². The van der Waals surface area contributed by atoms with Gasteiger partial charge in [-0.3, -0.25) is 0 Å². The summed E-state index contributed by atoms with van der Waals surface area (Å²) in [5.74, 6) is 1.61. The van der Waals surface area contributed by atoms with Gasteiger partial charge in [0.15, 0.2) is 11.5 Å². The lowest BCUT2D eigenvalue weighted by atomic mass is 10.2. The summed E-state index contributed by atoms with van der Waals surface area (Å²) in [6.45, 7) is 1.97. The van der Waals surface area contributed by atoms with E-state index in [4.69, 9.17) is 14.7 Å². The summed E-state index contributed by atoms with van der Waals surface area (Å²) in [7, 11) is 2.90. The molecule has 3 rings (SSSR count).